The van der Waals surface area contributed by atoms with Gasteiger partial charge in [0.2, 0.25) is 0 Å². The van der Waals surface area contributed by atoms with Crippen LogP contribution in [0.2, 0.25) is 0 Å². The number of hydrogen-bond acceptors (Lipinski definition) is 4. The summed E-state index contributed by atoms with van der Waals surface area (Å²) < 4.78 is 4.69. The molecule has 1 atom stereocenters. The molecule has 0 radical (unpaired) electrons. The lowest BCUT2D eigenvalue weighted by molar-refractivity contribution is -0.145. The standard InChI is InChI=1S/C23H40O4/c1-3-4-5-6-7-8-9-10-11-12-13-14-15-16-17-18-22(25)19-23(26)20-27-21(2)24/h7-8,10-11,23,26H,3-6,9,12-20H2,1-2H3/b8-7-,11-10-. The number of esters is 1. The van der Waals surface area contributed by atoms with Crippen LogP contribution < -0.4 is 0 Å². The second kappa shape index (κ2) is 19.3. The van der Waals surface area contributed by atoms with Gasteiger partial charge in [0.15, 0.2) is 0 Å². The van der Waals surface area contributed by atoms with Gasteiger partial charge >= 0.3 is 5.97 Å². The van der Waals surface area contributed by atoms with E-state index in [1.54, 1.807) is 0 Å². The number of aliphatic hydroxyl groups excluding tert-OH is 1. The highest BCUT2D eigenvalue weighted by Gasteiger charge is 2.11. The van der Waals surface area contributed by atoms with Crippen LogP contribution in [-0.2, 0) is 14.3 Å². The number of unbranched alkanes of at least 4 members (excludes halogenated alkanes) is 8. The normalized spacial score (nSPS) is 12.7. The van der Waals surface area contributed by atoms with Gasteiger partial charge in [0, 0.05) is 19.8 Å². The molecule has 1 N–H and O–H groups in total. The van der Waals surface area contributed by atoms with Crippen molar-refractivity contribution < 1.29 is 19.4 Å². The number of aliphatic hydroxyl groups is 1. The fourth-order valence-electron chi connectivity index (χ4n) is 2.77. The Bertz CT molecular complexity index is 426. The number of hydrogen-bond donors (Lipinski definition) is 1. The molecule has 0 aliphatic carbocycles. The average Bonchev–Trinajstić information content (AvgIpc) is 2.63. The Balaban J connectivity index is 3.40. The second-order valence-electron chi connectivity index (χ2n) is 7.18. The monoisotopic (exact) mass is 380 g/mol. The highest BCUT2D eigenvalue weighted by atomic mass is 16.5. The number of ether oxygens (including phenoxy) is 1. The summed E-state index contributed by atoms with van der Waals surface area (Å²) in [5, 5.41) is 9.59. The molecule has 156 valence electrons. The molecule has 4 nitrogen and oxygen atoms in total. The number of Topliss-reactive ketones (excluding diaryl/α,β-unsaturated/α-hetero) is 1. The van der Waals surface area contributed by atoms with Crippen LogP contribution in [0.25, 0.3) is 0 Å². The van der Waals surface area contributed by atoms with Gasteiger partial charge in [-0.05, 0) is 38.5 Å². The lowest BCUT2D eigenvalue weighted by atomic mass is 10.0. The maximum absolute atomic E-state index is 11.7. The molecule has 0 aliphatic rings. The first-order valence-corrected chi connectivity index (χ1v) is 10.7. The van der Waals surface area contributed by atoms with E-state index in [-0.39, 0.29) is 18.8 Å². The van der Waals surface area contributed by atoms with E-state index in [4.69, 9.17) is 0 Å². The molecule has 0 rings (SSSR count). The minimum Gasteiger partial charge on any atom is -0.463 e. The largest absolute Gasteiger partial charge is 0.463 e. The van der Waals surface area contributed by atoms with Crippen LogP contribution in [0.15, 0.2) is 24.3 Å². The molecule has 0 aromatic heterocycles. The zero-order valence-electron chi connectivity index (χ0n) is 17.5. The predicted octanol–water partition coefficient (Wildman–Crippen LogP) is 5.68. The van der Waals surface area contributed by atoms with Crippen molar-refractivity contribution in [1.29, 1.82) is 0 Å². The van der Waals surface area contributed by atoms with Gasteiger partial charge in [0.25, 0.3) is 0 Å². The third-order valence-electron chi connectivity index (χ3n) is 4.35. The zero-order chi connectivity index (χ0) is 20.2. The molecule has 0 fully saturated rings. The molecule has 0 aromatic rings. The highest BCUT2D eigenvalue weighted by Crippen LogP contribution is 2.10. The fraction of sp³-hybridized carbons (Fsp3) is 0.739. The second-order valence-corrected chi connectivity index (χ2v) is 7.18. The van der Waals surface area contributed by atoms with Crippen LogP contribution >= 0.6 is 0 Å². The summed E-state index contributed by atoms with van der Waals surface area (Å²) in [4.78, 5) is 22.4. The fourth-order valence-corrected chi connectivity index (χ4v) is 2.77. The minimum absolute atomic E-state index is 0.0420. The Hall–Kier alpha value is -1.42. The van der Waals surface area contributed by atoms with Crippen LogP contribution in [0.3, 0.4) is 0 Å². The molecule has 0 saturated carbocycles. The quantitative estimate of drug-likeness (QED) is 0.189. The Morgan fingerprint density at radius 1 is 0.889 bits per heavy atom. The number of carbonyl (C=O) groups excluding carboxylic acids is 2. The first-order chi connectivity index (χ1) is 13.1. The van der Waals surface area contributed by atoms with Gasteiger partial charge < -0.3 is 9.84 Å². The molecular formula is C23H40O4. The Labute approximate surface area is 166 Å². The maximum Gasteiger partial charge on any atom is 0.302 e. The molecular weight excluding hydrogens is 340 g/mol. The van der Waals surface area contributed by atoms with Crippen molar-refractivity contribution in [3.05, 3.63) is 24.3 Å². The molecule has 0 heterocycles. The Kier molecular flexibility index (Phi) is 18.3. The van der Waals surface area contributed by atoms with Gasteiger partial charge in [-0.1, -0.05) is 63.3 Å². The summed E-state index contributed by atoms with van der Waals surface area (Å²) in [6, 6.07) is 0. The van der Waals surface area contributed by atoms with E-state index in [0.29, 0.717) is 6.42 Å². The van der Waals surface area contributed by atoms with Gasteiger partial charge in [-0.25, -0.2) is 0 Å². The topological polar surface area (TPSA) is 63.6 Å². The maximum atomic E-state index is 11.7. The highest BCUT2D eigenvalue weighted by molar-refractivity contribution is 5.78. The van der Waals surface area contributed by atoms with E-state index < -0.39 is 12.1 Å². The minimum atomic E-state index is -0.876. The molecule has 0 aromatic carbocycles. The van der Waals surface area contributed by atoms with Crippen LogP contribution in [0.4, 0.5) is 0 Å². The van der Waals surface area contributed by atoms with E-state index in [1.807, 2.05) is 0 Å². The van der Waals surface area contributed by atoms with Crippen LogP contribution in [-0.4, -0.2) is 29.6 Å². The molecule has 1 unspecified atom stereocenters. The molecule has 0 aliphatic heterocycles. The van der Waals surface area contributed by atoms with Crippen molar-refractivity contribution in [2.45, 2.75) is 103 Å². The van der Waals surface area contributed by atoms with Crippen molar-refractivity contribution >= 4 is 11.8 Å². The lowest BCUT2D eigenvalue weighted by Crippen LogP contribution is -2.20. The summed E-state index contributed by atoms with van der Waals surface area (Å²) in [6.07, 6.45) is 21.5. The van der Waals surface area contributed by atoms with E-state index in [0.717, 1.165) is 32.1 Å². The molecule has 0 saturated heterocycles. The summed E-state index contributed by atoms with van der Waals surface area (Å²) in [6.45, 7) is 3.42. The third kappa shape index (κ3) is 20.7. The number of ketones is 1. The van der Waals surface area contributed by atoms with Gasteiger partial charge in [0.1, 0.15) is 12.4 Å². The summed E-state index contributed by atoms with van der Waals surface area (Å²) in [7, 11) is 0. The van der Waals surface area contributed by atoms with E-state index in [2.05, 4.69) is 36.0 Å². The predicted molar refractivity (Wildman–Crippen MR) is 112 cm³/mol. The molecule has 27 heavy (non-hydrogen) atoms. The van der Waals surface area contributed by atoms with Crippen LogP contribution in [0.1, 0.15) is 97.3 Å². The molecule has 0 spiro atoms. The summed E-state index contributed by atoms with van der Waals surface area (Å²) in [5.74, 6) is -0.393. The van der Waals surface area contributed by atoms with Gasteiger partial charge in [-0.2, -0.15) is 0 Å². The summed E-state index contributed by atoms with van der Waals surface area (Å²) in [5.41, 5.74) is 0. The SMILES string of the molecule is CCCCC/C=C\C/C=C\CCCCCCCC(=O)CC(O)COC(C)=O. The van der Waals surface area contributed by atoms with Gasteiger partial charge in [0.05, 0.1) is 6.10 Å². The van der Waals surface area contributed by atoms with Crippen molar-refractivity contribution in [2.24, 2.45) is 0 Å². The van der Waals surface area contributed by atoms with Gasteiger partial charge in [-0.3, -0.25) is 9.59 Å². The number of carbonyl (C=O) groups is 2. The van der Waals surface area contributed by atoms with Crippen LogP contribution in [0, 0.1) is 0 Å². The molecule has 0 bridgehead atoms. The van der Waals surface area contributed by atoms with Crippen LogP contribution in [0.5, 0.6) is 0 Å². The lowest BCUT2D eigenvalue weighted by Gasteiger charge is -2.09. The Morgan fingerprint density at radius 2 is 1.48 bits per heavy atom. The van der Waals surface area contributed by atoms with Crippen molar-refractivity contribution in [1.82, 2.24) is 0 Å². The smallest absolute Gasteiger partial charge is 0.302 e. The Morgan fingerprint density at radius 3 is 2.11 bits per heavy atom. The molecule has 0 amide bonds. The van der Waals surface area contributed by atoms with E-state index in [1.165, 1.54) is 45.4 Å². The average molecular weight is 381 g/mol. The number of allylic oxidation sites excluding steroid dienone is 4. The number of rotatable bonds is 18. The van der Waals surface area contributed by atoms with E-state index >= 15 is 0 Å². The van der Waals surface area contributed by atoms with Gasteiger partial charge in [-0.15, -0.1) is 0 Å². The molecule has 4 heteroatoms. The zero-order valence-corrected chi connectivity index (χ0v) is 17.5. The van der Waals surface area contributed by atoms with Crippen molar-refractivity contribution in [3.8, 4) is 0 Å². The summed E-state index contributed by atoms with van der Waals surface area (Å²) >= 11 is 0. The first-order valence-electron chi connectivity index (χ1n) is 10.7. The first kappa shape index (κ1) is 25.6. The van der Waals surface area contributed by atoms with Crippen molar-refractivity contribution in [2.75, 3.05) is 6.61 Å². The third-order valence-corrected chi connectivity index (χ3v) is 4.35. The van der Waals surface area contributed by atoms with E-state index in [9.17, 15) is 14.7 Å². The van der Waals surface area contributed by atoms with Crippen molar-refractivity contribution in [3.63, 3.8) is 0 Å².